The number of nitrogens with zero attached hydrogens (tertiary/aromatic N) is 1. The molecule has 0 saturated carbocycles. The van der Waals surface area contributed by atoms with Crippen LogP contribution >= 0.6 is 34.8 Å². The Kier molecular flexibility index (Phi) is 6.37. The Hall–Kier alpha value is -0.710. The van der Waals surface area contributed by atoms with Crippen molar-refractivity contribution in [3.63, 3.8) is 0 Å². The lowest BCUT2D eigenvalue weighted by Gasteiger charge is -2.07. The summed E-state index contributed by atoms with van der Waals surface area (Å²) >= 11 is 16.7. The molecule has 4 nitrogen and oxygen atoms in total. The number of ketones is 1. The van der Waals surface area contributed by atoms with Gasteiger partial charge in [0, 0.05) is 18.3 Å². The first-order valence-corrected chi connectivity index (χ1v) is 7.34. The molecule has 0 aliphatic carbocycles. The molecule has 0 atom stereocenters. The van der Waals surface area contributed by atoms with Gasteiger partial charge in [-0.15, -0.1) is 0 Å². The Balaban J connectivity index is 3.05. The Morgan fingerprint density at radius 3 is 2.45 bits per heavy atom. The van der Waals surface area contributed by atoms with Crippen molar-refractivity contribution in [1.82, 2.24) is 4.57 Å². The van der Waals surface area contributed by atoms with Crippen LogP contribution < -0.4 is 0 Å². The number of aryl methyl sites for hydroxylation is 1. The highest BCUT2D eigenvalue weighted by Crippen LogP contribution is 2.31. The van der Waals surface area contributed by atoms with E-state index in [0.717, 1.165) is 19.3 Å². The van der Waals surface area contributed by atoms with Crippen LogP contribution in [0.3, 0.4) is 0 Å². The van der Waals surface area contributed by atoms with Crippen molar-refractivity contribution in [2.75, 3.05) is 7.11 Å². The molecule has 0 aromatic carbocycles. The zero-order valence-corrected chi connectivity index (χ0v) is 13.6. The smallest absolute Gasteiger partial charge is 0.354 e. The first-order valence-electron chi connectivity index (χ1n) is 6.21. The van der Waals surface area contributed by atoms with Crippen LogP contribution in [0.5, 0.6) is 0 Å². The molecule has 0 aliphatic rings. The quantitative estimate of drug-likeness (QED) is 0.340. The number of unbranched alkanes of at least 4 members (excludes halogenated alkanes) is 2. The molecular weight excluding hydrogens is 325 g/mol. The number of alkyl halides is 3. The molecule has 0 fully saturated rings. The van der Waals surface area contributed by atoms with Gasteiger partial charge in [0.15, 0.2) is 0 Å². The van der Waals surface area contributed by atoms with Gasteiger partial charge in [0.05, 0.1) is 7.11 Å². The molecule has 0 N–H and O–H groups in total. The minimum Gasteiger partial charge on any atom is -0.464 e. The van der Waals surface area contributed by atoms with E-state index >= 15 is 0 Å². The number of methoxy groups -OCH3 is 1. The third-order valence-electron chi connectivity index (χ3n) is 2.81. The number of halogens is 3. The monoisotopic (exact) mass is 339 g/mol. The second-order valence-corrected chi connectivity index (χ2v) is 6.61. The summed E-state index contributed by atoms with van der Waals surface area (Å²) < 4.78 is 4.31. The van der Waals surface area contributed by atoms with Crippen LogP contribution in [0.4, 0.5) is 0 Å². The normalized spacial score (nSPS) is 11.4. The van der Waals surface area contributed by atoms with Crippen LogP contribution in [0.15, 0.2) is 12.3 Å². The summed E-state index contributed by atoms with van der Waals surface area (Å²) in [7, 11) is 1.28. The molecule has 1 heterocycles. The molecule has 0 saturated heterocycles. The van der Waals surface area contributed by atoms with E-state index in [9.17, 15) is 9.59 Å². The summed E-state index contributed by atoms with van der Waals surface area (Å²) in [4.78, 5) is 23.6. The number of carbonyl (C=O) groups excluding carboxylic acids is 2. The average molecular weight is 341 g/mol. The zero-order chi connectivity index (χ0) is 15.3. The number of Topliss-reactive ketones (excluding diaryl/α,β-unsaturated/α-hetero) is 1. The topological polar surface area (TPSA) is 48.3 Å². The number of hydrogen-bond donors (Lipinski definition) is 0. The number of carbonyl (C=O) groups is 2. The van der Waals surface area contributed by atoms with Gasteiger partial charge >= 0.3 is 5.97 Å². The van der Waals surface area contributed by atoms with Gasteiger partial charge in [-0.05, 0) is 12.5 Å². The van der Waals surface area contributed by atoms with Crippen molar-refractivity contribution in [3.8, 4) is 0 Å². The van der Waals surface area contributed by atoms with Crippen LogP contribution in [0, 0.1) is 0 Å². The van der Waals surface area contributed by atoms with Gasteiger partial charge in [-0.1, -0.05) is 54.6 Å². The highest BCUT2D eigenvalue weighted by atomic mass is 35.6. The van der Waals surface area contributed by atoms with E-state index in [1.54, 1.807) is 4.57 Å². The summed E-state index contributed by atoms with van der Waals surface area (Å²) in [5.74, 6) is -1.19. The van der Waals surface area contributed by atoms with Gasteiger partial charge in [-0.3, -0.25) is 4.79 Å². The van der Waals surface area contributed by atoms with E-state index in [2.05, 4.69) is 6.92 Å². The molecule has 1 rings (SSSR count). The molecule has 0 spiro atoms. The third-order valence-corrected chi connectivity index (χ3v) is 3.33. The van der Waals surface area contributed by atoms with E-state index in [1.165, 1.54) is 19.4 Å². The van der Waals surface area contributed by atoms with Crippen LogP contribution in [-0.2, 0) is 11.3 Å². The minimum absolute atomic E-state index is 0.182. The van der Waals surface area contributed by atoms with Crippen LogP contribution in [0.25, 0.3) is 0 Å². The fourth-order valence-electron chi connectivity index (χ4n) is 1.79. The van der Waals surface area contributed by atoms with Crippen molar-refractivity contribution in [2.24, 2.45) is 0 Å². The van der Waals surface area contributed by atoms with E-state index in [0.29, 0.717) is 6.54 Å². The van der Waals surface area contributed by atoms with E-state index in [4.69, 9.17) is 39.5 Å². The predicted octanol–water partition coefficient (Wildman–Crippen LogP) is 4.02. The van der Waals surface area contributed by atoms with Crippen molar-refractivity contribution in [1.29, 1.82) is 0 Å². The van der Waals surface area contributed by atoms with Crippen molar-refractivity contribution in [2.45, 2.75) is 36.5 Å². The summed E-state index contributed by atoms with van der Waals surface area (Å²) in [6.07, 6.45) is 4.48. The highest BCUT2D eigenvalue weighted by molar-refractivity contribution is 6.77. The van der Waals surface area contributed by atoms with Gasteiger partial charge < -0.3 is 9.30 Å². The highest BCUT2D eigenvalue weighted by Gasteiger charge is 2.33. The summed E-state index contributed by atoms with van der Waals surface area (Å²) in [6, 6.07) is 1.39. The van der Waals surface area contributed by atoms with Gasteiger partial charge in [-0.2, -0.15) is 0 Å². The number of aromatic nitrogens is 1. The SMILES string of the molecule is CCCCCn1cc(C(=O)C(Cl)(Cl)Cl)cc1C(=O)OC. The van der Waals surface area contributed by atoms with Gasteiger partial charge in [0.2, 0.25) is 5.78 Å². The Morgan fingerprint density at radius 2 is 1.95 bits per heavy atom. The standard InChI is InChI=1S/C13H16Cl3NO3/c1-3-4-5-6-17-8-9(11(18)13(14,15)16)7-10(17)12(19)20-2/h7-8H,3-6H2,1-2H3. The summed E-state index contributed by atoms with van der Waals surface area (Å²) in [5.41, 5.74) is 0.461. The lowest BCUT2D eigenvalue weighted by atomic mass is 10.2. The second-order valence-electron chi connectivity index (χ2n) is 4.33. The van der Waals surface area contributed by atoms with Crippen LogP contribution in [0.1, 0.15) is 47.0 Å². The maximum Gasteiger partial charge on any atom is 0.354 e. The maximum atomic E-state index is 11.9. The lowest BCUT2D eigenvalue weighted by Crippen LogP contribution is -2.18. The van der Waals surface area contributed by atoms with Crippen molar-refractivity contribution < 1.29 is 14.3 Å². The fraction of sp³-hybridized carbons (Fsp3) is 0.538. The first-order chi connectivity index (χ1) is 9.31. The molecule has 112 valence electrons. The Labute approximate surface area is 132 Å². The number of ether oxygens (including phenoxy) is 1. The van der Waals surface area contributed by atoms with E-state index < -0.39 is 15.5 Å². The zero-order valence-electron chi connectivity index (χ0n) is 11.3. The number of hydrogen-bond acceptors (Lipinski definition) is 3. The summed E-state index contributed by atoms with van der Waals surface area (Å²) in [5, 5.41) is 0. The minimum atomic E-state index is -2.04. The molecule has 1 aromatic rings. The van der Waals surface area contributed by atoms with E-state index in [1.807, 2.05) is 0 Å². The first kappa shape index (κ1) is 17.3. The molecule has 0 bridgehead atoms. The van der Waals surface area contributed by atoms with Crippen molar-refractivity contribution in [3.05, 3.63) is 23.5 Å². The summed E-state index contributed by atoms with van der Waals surface area (Å²) in [6.45, 7) is 2.68. The van der Waals surface area contributed by atoms with Crippen LogP contribution in [-0.4, -0.2) is 27.2 Å². The Morgan fingerprint density at radius 1 is 1.30 bits per heavy atom. The van der Waals surface area contributed by atoms with Gasteiger partial charge in [0.25, 0.3) is 3.79 Å². The molecule has 20 heavy (non-hydrogen) atoms. The number of rotatable bonds is 6. The Bertz CT molecular complexity index is 492. The molecular formula is C13H16Cl3NO3. The molecule has 0 amide bonds. The molecule has 1 aromatic heterocycles. The average Bonchev–Trinajstić information content (AvgIpc) is 2.80. The molecule has 7 heteroatoms. The fourth-order valence-corrected chi connectivity index (χ4v) is 2.12. The number of esters is 1. The lowest BCUT2D eigenvalue weighted by molar-refractivity contribution is 0.0588. The predicted molar refractivity (Wildman–Crippen MR) is 79.9 cm³/mol. The molecule has 0 aliphatic heterocycles. The second kappa shape index (κ2) is 7.34. The van der Waals surface area contributed by atoms with Gasteiger partial charge in [0.1, 0.15) is 5.69 Å². The third kappa shape index (κ3) is 4.40. The largest absolute Gasteiger partial charge is 0.464 e. The maximum absolute atomic E-state index is 11.9. The van der Waals surface area contributed by atoms with Crippen LogP contribution in [0.2, 0.25) is 0 Å². The van der Waals surface area contributed by atoms with E-state index in [-0.39, 0.29) is 11.3 Å². The van der Waals surface area contributed by atoms with Gasteiger partial charge in [-0.25, -0.2) is 4.79 Å². The molecule has 0 radical (unpaired) electrons. The molecule has 0 unspecified atom stereocenters. The van der Waals surface area contributed by atoms with Crippen molar-refractivity contribution >= 4 is 46.6 Å².